The molecule has 0 radical (unpaired) electrons. The van der Waals surface area contributed by atoms with Gasteiger partial charge < -0.3 is 15.1 Å². The molecule has 0 aromatic heterocycles. The molecule has 1 aliphatic heterocycles. The number of likely N-dealkylation sites (tertiary alicyclic amines) is 1. The van der Waals surface area contributed by atoms with Crippen LogP contribution in [0.1, 0.15) is 43.0 Å². The fourth-order valence-electron chi connectivity index (χ4n) is 3.06. The van der Waals surface area contributed by atoms with Gasteiger partial charge in [0.2, 0.25) is 0 Å². The van der Waals surface area contributed by atoms with Crippen LogP contribution in [0, 0.1) is 5.92 Å². The lowest BCUT2D eigenvalue weighted by Crippen LogP contribution is -2.50. The molecule has 1 atom stereocenters. The average molecular weight is 319 g/mol. The first kappa shape index (κ1) is 17.6. The first-order chi connectivity index (χ1) is 10.9. The molecule has 1 aromatic carbocycles. The van der Waals surface area contributed by atoms with Crippen LogP contribution in [0.25, 0.3) is 0 Å². The van der Waals surface area contributed by atoms with Crippen molar-refractivity contribution in [1.82, 2.24) is 4.90 Å². The topological polar surface area (TPSA) is 77.8 Å². The van der Waals surface area contributed by atoms with Crippen LogP contribution in [0.2, 0.25) is 0 Å². The molecule has 5 heteroatoms. The van der Waals surface area contributed by atoms with E-state index in [9.17, 15) is 14.7 Å². The Morgan fingerprint density at radius 3 is 2.39 bits per heavy atom. The third kappa shape index (κ3) is 4.62. The number of hydrogen-bond donors (Lipinski definition) is 2. The van der Waals surface area contributed by atoms with Crippen LogP contribution in [0.5, 0.6) is 0 Å². The van der Waals surface area contributed by atoms with Crippen LogP contribution in [-0.2, 0) is 4.79 Å². The Labute approximate surface area is 136 Å². The summed E-state index contributed by atoms with van der Waals surface area (Å²) < 4.78 is 0. The lowest BCUT2D eigenvalue weighted by atomic mass is 9.80. The van der Waals surface area contributed by atoms with E-state index in [2.05, 4.69) is 4.90 Å². The van der Waals surface area contributed by atoms with Crippen LogP contribution in [0.15, 0.2) is 30.3 Å². The largest absolute Gasteiger partial charge is 0.481 e. The van der Waals surface area contributed by atoms with E-state index in [0.717, 1.165) is 18.5 Å². The van der Waals surface area contributed by atoms with Gasteiger partial charge in [-0.3, -0.25) is 9.59 Å². The van der Waals surface area contributed by atoms with Crippen molar-refractivity contribution in [2.24, 2.45) is 5.92 Å². The molecule has 0 spiro atoms. The Hall–Kier alpha value is -1.72. The van der Waals surface area contributed by atoms with E-state index in [1.807, 2.05) is 30.3 Å². The normalized spacial score (nSPS) is 19.2. The molecule has 1 heterocycles. The molecule has 126 valence electrons. The minimum absolute atomic E-state index is 0.151. The van der Waals surface area contributed by atoms with Gasteiger partial charge in [-0.15, -0.1) is 0 Å². The first-order valence-corrected chi connectivity index (χ1v) is 8.18. The maximum absolute atomic E-state index is 12.0. The Bertz CT molecular complexity index is 535. The zero-order valence-electron chi connectivity index (χ0n) is 13.6. The Balaban J connectivity index is 1.73. The maximum atomic E-state index is 12.0. The number of ketones is 1. The fraction of sp³-hybridized carbons (Fsp3) is 0.556. The van der Waals surface area contributed by atoms with Gasteiger partial charge in [-0.1, -0.05) is 30.3 Å². The summed E-state index contributed by atoms with van der Waals surface area (Å²) in [6.07, 6.45) is 2.22. The number of nitrogens with zero attached hydrogens (tertiary/aromatic N) is 1. The molecular formula is C18H25NO4. The van der Waals surface area contributed by atoms with Crippen molar-refractivity contribution in [3.05, 3.63) is 35.9 Å². The van der Waals surface area contributed by atoms with E-state index >= 15 is 0 Å². The summed E-state index contributed by atoms with van der Waals surface area (Å²) in [5.74, 6) is -1.54. The molecule has 0 bridgehead atoms. The van der Waals surface area contributed by atoms with Gasteiger partial charge in [-0.05, 0) is 32.7 Å². The minimum Gasteiger partial charge on any atom is -0.481 e. The molecule has 1 aromatic rings. The molecule has 1 saturated heterocycles. The van der Waals surface area contributed by atoms with E-state index in [4.69, 9.17) is 5.11 Å². The summed E-state index contributed by atoms with van der Waals surface area (Å²) in [6, 6.07) is 9.28. The van der Waals surface area contributed by atoms with Crippen LogP contribution < -0.4 is 0 Å². The van der Waals surface area contributed by atoms with Crippen molar-refractivity contribution >= 4 is 11.8 Å². The van der Waals surface area contributed by atoms with Gasteiger partial charge in [-0.25, -0.2) is 0 Å². The maximum Gasteiger partial charge on any atom is 0.309 e. The summed E-state index contributed by atoms with van der Waals surface area (Å²) in [5.41, 5.74) is -0.363. The molecule has 5 nitrogen and oxygen atoms in total. The number of benzene rings is 1. The van der Waals surface area contributed by atoms with E-state index in [1.54, 1.807) is 6.92 Å². The van der Waals surface area contributed by atoms with Crippen LogP contribution in [0.4, 0.5) is 0 Å². The third-order valence-electron chi connectivity index (χ3n) is 4.87. The molecule has 23 heavy (non-hydrogen) atoms. The summed E-state index contributed by atoms with van der Waals surface area (Å²) in [4.78, 5) is 25.3. The fourth-order valence-corrected chi connectivity index (χ4v) is 3.06. The van der Waals surface area contributed by atoms with E-state index in [-0.39, 0.29) is 5.78 Å². The number of Topliss-reactive ketones (excluding diaryl/α,β-unsaturated/α-hetero) is 1. The zero-order chi connectivity index (χ0) is 16.9. The zero-order valence-corrected chi connectivity index (χ0v) is 13.6. The highest BCUT2D eigenvalue weighted by atomic mass is 16.4. The number of piperidine rings is 1. The molecule has 2 N–H and O–H groups in total. The number of carbonyl (C=O) groups is 2. The highest BCUT2D eigenvalue weighted by Gasteiger charge is 2.40. The smallest absolute Gasteiger partial charge is 0.309 e. The van der Waals surface area contributed by atoms with Crippen LogP contribution >= 0.6 is 0 Å². The van der Waals surface area contributed by atoms with Gasteiger partial charge in [0.25, 0.3) is 0 Å². The van der Waals surface area contributed by atoms with E-state index < -0.39 is 17.5 Å². The van der Waals surface area contributed by atoms with Gasteiger partial charge in [-0.2, -0.15) is 0 Å². The highest BCUT2D eigenvalue weighted by Crippen LogP contribution is 2.30. The van der Waals surface area contributed by atoms with Gasteiger partial charge in [0.15, 0.2) is 5.78 Å². The molecule has 0 saturated carbocycles. The third-order valence-corrected chi connectivity index (χ3v) is 4.87. The quantitative estimate of drug-likeness (QED) is 0.753. The standard InChI is InChI=1S/C18H25NO4/c1-14(17(21)22)18(23)9-12-19(13-10-18)11-5-8-16(20)15-6-3-2-4-7-15/h2-4,6-7,14,23H,5,8-13H2,1H3,(H,21,22). The molecule has 2 rings (SSSR count). The minimum atomic E-state index is -1.11. The predicted molar refractivity (Wildman–Crippen MR) is 87.4 cm³/mol. The van der Waals surface area contributed by atoms with Gasteiger partial charge in [0, 0.05) is 25.1 Å². The van der Waals surface area contributed by atoms with Crippen LogP contribution in [0.3, 0.4) is 0 Å². The van der Waals surface area contributed by atoms with E-state index in [1.165, 1.54) is 0 Å². The van der Waals surface area contributed by atoms with Crippen molar-refractivity contribution in [1.29, 1.82) is 0 Å². The number of carboxylic acids is 1. The second kappa shape index (κ2) is 7.70. The molecule has 1 unspecified atom stereocenters. The van der Waals surface area contributed by atoms with Gasteiger partial charge >= 0.3 is 5.97 Å². The molecular weight excluding hydrogens is 294 g/mol. The van der Waals surface area contributed by atoms with E-state index in [0.29, 0.717) is 32.4 Å². The Morgan fingerprint density at radius 2 is 1.83 bits per heavy atom. The molecule has 1 fully saturated rings. The van der Waals surface area contributed by atoms with Crippen LogP contribution in [-0.4, -0.2) is 52.1 Å². The summed E-state index contributed by atoms with van der Waals surface area (Å²) in [7, 11) is 0. The highest BCUT2D eigenvalue weighted by molar-refractivity contribution is 5.95. The average Bonchev–Trinajstić information content (AvgIpc) is 2.56. The summed E-state index contributed by atoms with van der Waals surface area (Å²) >= 11 is 0. The van der Waals surface area contributed by atoms with Gasteiger partial charge in [0.1, 0.15) is 0 Å². The Kier molecular flexibility index (Phi) is 5.91. The monoisotopic (exact) mass is 319 g/mol. The molecule has 1 aliphatic rings. The van der Waals surface area contributed by atoms with Crippen molar-refractivity contribution in [2.75, 3.05) is 19.6 Å². The lowest BCUT2D eigenvalue weighted by Gasteiger charge is -2.40. The SMILES string of the molecule is CC(C(=O)O)C1(O)CCN(CCCC(=O)c2ccccc2)CC1. The number of carbonyl (C=O) groups excluding carboxylic acids is 1. The predicted octanol–water partition coefficient (Wildman–Crippen LogP) is 2.20. The van der Waals surface area contributed by atoms with Crippen molar-refractivity contribution in [3.63, 3.8) is 0 Å². The van der Waals surface area contributed by atoms with Crippen molar-refractivity contribution in [3.8, 4) is 0 Å². The lowest BCUT2D eigenvalue weighted by molar-refractivity contribution is -0.154. The number of rotatable bonds is 7. The molecule has 0 aliphatic carbocycles. The van der Waals surface area contributed by atoms with Crippen molar-refractivity contribution in [2.45, 2.75) is 38.2 Å². The summed E-state index contributed by atoms with van der Waals surface area (Å²) in [5, 5.41) is 19.5. The number of carboxylic acid groups (broad SMARTS) is 1. The first-order valence-electron chi connectivity index (χ1n) is 8.18. The van der Waals surface area contributed by atoms with Crippen molar-refractivity contribution < 1.29 is 19.8 Å². The summed E-state index contributed by atoms with van der Waals surface area (Å²) in [6.45, 7) is 3.72. The number of hydrogen-bond acceptors (Lipinski definition) is 4. The Morgan fingerprint density at radius 1 is 1.22 bits per heavy atom. The van der Waals surface area contributed by atoms with Gasteiger partial charge in [0.05, 0.1) is 11.5 Å². The number of aliphatic carboxylic acids is 1. The molecule has 0 amide bonds. The second-order valence-corrected chi connectivity index (χ2v) is 6.40. The number of aliphatic hydroxyl groups is 1. The second-order valence-electron chi connectivity index (χ2n) is 6.40.